The highest BCUT2D eigenvalue weighted by atomic mass is 19.4. The van der Waals surface area contributed by atoms with Gasteiger partial charge in [-0.05, 0) is 43.4 Å². The number of amides is 1. The molecule has 1 fully saturated rings. The summed E-state index contributed by atoms with van der Waals surface area (Å²) in [7, 11) is 1.74. The number of nitrogens with zero attached hydrogens (tertiary/aromatic N) is 4. The van der Waals surface area contributed by atoms with Gasteiger partial charge < -0.3 is 9.80 Å². The van der Waals surface area contributed by atoms with E-state index in [4.69, 9.17) is 0 Å². The van der Waals surface area contributed by atoms with E-state index >= 15 is 0 Å². The maximum atomic E-state index is 12.8. The van der Waals surface area contributed by atoms with Crippen LogP contribution in [-0.4, -0.2) is 64.1 Å². The van der Waals surface area contributed by atoms with E-state index in [-0.39, 0.29) is 11.7 Å². The second-order valence-corrected chi connectivity index (χ2v) is 7.28. The number of nitrogens with one attached hydrogen (secondary N) is 1. The van der Waals surface area contributed by atoms with Gasteiger partial charge in [-0.1, -0.05) is 18.2 Å². The number of alkyl halides is 3. The minimum absolute atomic E-state index is 0.196. The highest BCUT2D eigenvalue weighted by molar-refractivity contribution is 5.90. The minimum Gasteiger partial charge on any atom is -0.339 e. The minimum atomic E-state index is -4.31. The van der Waals surface area contributed by atoms with Crippen LogP contribution in [0.4, 0.5) is 13.2 Å². The van der Waals surface area contributed by atoms with Crippen LogP contribution in [0.2, 0.25) is 0 Å². The fourth-order valence-electron chi connectivity index (χ4n) is 3.65. The van der Waals surface area contributed by atoms with Gasteiger partial charge in [0.2, 0.25) is 5.82 Å². The Balaban J connectivity index is 1.50. The summed E-state index contributed by atoms with van der Waals surface area (Å²) < 4.78 is 38.5. The Labute approximate surface area is 161 Å². The molecule has 1 aliphatic rings. The van der Waals surface area contributed by atoms with E-state index in [0.717, 1.165) is 32.0 Å². The van der Waals surface area contributed by atoms with Gasteiger partial charge in [0.1, 0.15) is 6.33 Å². The second-order valence-electron chi connectivity index (χ2n) is 7.28. The van der Waals surface area contributed by atoms with E-state index in [2.05, 4.69) is 20.1 Å². The number of aromatic amines is 1. The number of rotatable bonds is 6. The van der Waals surface area contributed by atoms with Crippen LogP contribution in [0, 0.1) is 5.92 Å². The molecular formula is C19H24F3N5O. The number of carbonyl (C=O) groups excluding carboxylic acids is 1. The molecule has 2 heterocycles. The van der Waals surface area contributed by atoms with Crippen molar-refractivity contribution in [3.63, 3.8) is 0 Å². The number of H-pyrrole nitrogens is 1. The molecule has 1 atom stereocenters. The van der Waals surface area contributed by atoms with Crippen LogP contribution in [0.5, 0.6) is 0 Å². The molecule has 1 aromatic carbocycles. The fourth-order valence-corrected chi connectivity index (χ4v) is 3.65. The van der Waals surface area contributed by atoms with Crippen molar-refractivity contribution in [3.05, 3.63) is 47.5 Å². The van der Waals surface area contributed by atoms with E-state index in [1.807, 2.05) is 0 Å². The van der Waals surface area contributed by atoms with Crippen molar-refractivity contribution in [1.82, 2.24) is 25.0 Å². The summed E-state index contributed by atoms with van der Waals surface area (Å²) in [4.78, 5) is 20.1. The molecule has 1 aromatic heterocycles. The number of hydrogen-bond acceptors (Lipinski definition) is 4. The summed E-state index contributed by atoms with van der Waals surface area (Å²) >= 11 is 0. The van der Waals surface area contributed by atoms with Gasteiger partial charge in [0.05, 0.1) is 5.56 Å². The van der Waals surface area contributed by atoms with Gasteiger partial charge in [0.25, 0.3) is 5.91 Å². The lowest BCUT2D eigenvalue weighted by Gasteiger charge is -2.34. The highest BCUT2D eigenvalue weighted by Gasteiger charge is 2.30. The number of piperidine rings is 1. The Hall–Kier alpha value is -2.42. The SMILES string of the molecule is CN(C[C@@H]1CCCN(CCc2cccc(C(F)(F)F)c2)C1)C(=O)c1ncn[nH]1. The highest BCUT2D eigenvalue weighted by Crippen LogP contribution is 2.29. The molecular weight excluding hydrogens is 371 g/mol. The quantitative estimate of drug-likeness (QED) is 0.817. The predicted molar refractivity (Wildman–Crippen MR) is 97.7 cm³/mol. The Morgan fingerprint density at radius 2 is 2.21 bits per heavy atom. The van der Waals surface area contributed by atoms with E-state index in [9.17, 15) is 18.0 Å². The third-order valence-corrected chi connectivity index (χ3v) is 5.07. The molecule has 9 heteroatoms. The van der Waals surface area contributed by atoms with E-state index < -0.39 is 11.7 Å². The molecule has 0 saturated carbocycles. The van der Waals surface area contributed by atoms with Crippen molar-refractivity contribution in [2.45, 2.75) is 25.4 Å². The lowest BCUT2D eigenvalue weighted by atomic mass is 9.97. The molecule has 6 nitrogen and oxygen atoms in total. The second kappa shape index (κ2) is 8.72. The molecule has 0 unspecified atom stereocenters. The lowest BCUT2D eigenvalue weighted by molar-refractivity contribution is -0.137. The van der Waals surface area contributed by atoms with Crippen LogP contribution >= 0.6 is 0 Å². The number of hydrogen-bond donors (Lipinski definition) is 1. The first kappa shape index (κ1) is 20.3. The molecule has 2 aromatic rings. The summed E-state index contributed by atoms with van der Waals surface area (Å²) in [6.45, 7) is 3.07. The fraction of sp³-hybridized carbons (Fsp3) is 0.526. The number of carbonyl (C=O) groups is 1. The first-order chi connectivity index (χ1) is 13.3. The van der Waals surface area contributed by atoms with E-state index in [0.29, 0.717) is 31.0 Å². The molecule has 0 radical (unpaired) electrons. The van der Waals surface area contributed by atoms with Crippen molar-refractivity contribution in [2.75, 3.05) is 33.2 Å². The predicted octanol–water partition coefficient (Wildman–Crippen LogP) is 2.85. The summed E-state index contributed by atoms with van der Waals surface area (Å²) in [6, 6.07) is 5.52. The average molecular weight is 395 g/mol. The van der Waals surface area contributed by atoms with Crippen molar-refractivity contribution >= 4 is 5.91 Å². The van der Waals surface area contributed by atoms with Crippen molar-refractivity contribution in [3.8, 4) is 0 Å². The zero-order valence-electron chi connectivity index (χ0n) is 15.7. The monoisotopic (exact) mass is 395 g/mol. The van der Waals surface area contributed by atoms with E-state index in [1.54, 1.807) is 18.0 Å². The number of aromatic nitrogens is 3. The third kappa shape index (κ3) is 5.31. The molecule has 1 N–H and O–H groups in total. The standard InChI is InChI=1S/C19H24F3N5O/c1-26(18(28)17-23-13-24-25-17)11-15-5-3-8-27(12-15)9-7-14-4-2-6-16(10-14)19(20,21)22/h2,4,6,10,13,15H,3,5,7-9,11-12H2,1H3,(H,23,24,25)/t15-/m0/s1. The topological polar surface area (TPSA) is 65.1 Å². The molecule has 0 bridgehead atoms. The zero-order valence-corrected chi connectivity index (χ0v) is 15.7. The number of halogens is 3. The Kier molecular flexibility index (Phi) is 6.33. The maximum Gasteiger partial charge on any atom is 0.416 e. The van der Waals surface area contributed by atoms with Gasteiger partial charge in [0.15, 0.2) is 0 Å². The van der Waals surface area contributed by atoms with Gasteiger partial charge in [-0.2, -0.15) is 18.3 Å². The first-order valence-corrected chi connectivity index (χ1v) is 9.32. The summed E-state index contributed by atoms with van der Waals surface area (Å²) in [5.74, 6) is 0.352. The Morgan fingerprint density at radius 1 is 1.39 bits per heavy atom. The molecule has 0 aliphatic carbocycles. The molecule has 3 rings (SSSR count). The molecule has 152 valence electrons. The molecule has 1 amide bonds. The van der Waals surface area contributed by atoms with Gasteiger partial charge >= 0.3 is 6.18 Å². The van der Waals surface area contributed by atoms with Crippen LogP contribution in [0.1, 0.15) is 34.6 Å². The van der Waals surface area contributed by atoms with Crippen molar-refractivity contribution < 1.29 is 18.0 Å². The Morgan fingerprint density at radius 3 is 2.93 bits per heavy atom. The van der Waals surface area contributed by atoms with Crippen LogP contribution < -0.4 is 0 Å². The number of likely N-dealkylation sites (tertiary alicyclic amines) is 1. The van der Waals surface area contributed by atoms with Gasteiger partial charge in [-0.15, -0.1) is 0 Å². The van der Waals surface area contributed by atoms with Crippen LogP contribution in [0.25, 0.3) is 0 Å². The smallest absolute Gasteiger partial charge is 0.339 e. The van der Waals surface area contributed by atoms with Crippen LogP contribution in [0.3, 0.4) is 0 Å². The lowest BCUT2D eigenvalue weighted by Crippen LogP contribution is -2.42. The van der Waals surface area contributed by atoms with Crippen LogP contribution in [-0.2, 0) is 12.6 Å². The molecule has 28 heavy (non-hydrogen) atoms. The largest absolute Gasteiger partial charge is 0.416 e. The van der Waals surface area contributed by atoms with Gasteiger partial charge in [-0.3, -0.25) is 9.89 Å². The summed E-state index contributed by atoms with van der Waals surface area (Å²) in [6.07, 6.45) is -0.404. The maximum absolute atomic E-state index is 12.8. The summed E-state index contributed by atoms with van der Waals surface area (Å²) in [5, 5.41) is 6.27. The summed E-state index contributed by atoms with van der Waals surface area (Å²) in [5.41, 5.74) is 0.0867. The third-order valence-electron chi connectivity index (χ3n) is 5.07. The number of benzene rings is 1. The zero-order chi connectivity index (χ0) is 20.1. The van der Waals surface area contributed by atoms with Gasteiger partial charge in [0, 0.05) is 26.7 Å². The Bertz CT molecular complexity index is 778. The average Bonchev–Trinajstić information content (AvgIpc) is 3.20. The van der Waals surface area contributed by atoms with Crippen molar-refractivity contribution in [2.24, 2.45) is 5.92 Å². The van der Waals surface area contributed by atoms with E-state index in [1.165, 1.54) is 18.5 Å². The first-order valence-electron chi connectivity index (χ1n) is 9.32. The van der Waals surface area contributed by atoms with Crippen LogP contribution in [0.15, 0.2) is 30.6 Å². The molecule has 1 saturated heterocycles. The molecule has 0 spiro atoms. The van der Waals surface area contributed by atoms with Crippen molar-refractivity contribution in [1.29, 1.82) is 0 Å². The molecule has 1 aliphatic heterocycles. The normalized spacial score (nSPS) is 18.2. The van der Waals surface area contributed by atoms with Gasteiger partial charge in [-0.25, -0.2) is 4.98 Å².